The SMILES string of the molecule is CC1CCC(=O)N(CC(=O)Nc2ccccc2N)CC1. The zero-order chi connectivity index (χ0) is 14.5. The van der Waals surface area contributed by atoms with Gasteiger partial charge in [0.25, 0.3) is 0 Å². The highest BCUT2D eigenvalue weighted by atomic mass is 16.2. The van der Waals surface area contributed by atoms with Crippen LogP contribution in [0.3, 0.4) is 0 Å². The fourth-order valence-corrected chi connectivity index (χ4v) is 2.31. The van der Waals surface area contributed by atoms with E-state index in [4.69, 9.17) is 5.73 Å². The van der Waals surface area contributed by atoms with Crippen LogP contribution in [0.5, 0.6) is 0 Å². The molecule has 1 unspecified atom stereocenters. The summed E-state index contributed by atoms with van der Waals surface area (Å²) in [6.45, 7) is 2.89. The zero-order valence-corrected chi connectivity index (χ0v) is 11.8. The second-order valence-electron chi connectivity index (χ2n) is 5.38. The zero-order valence-electron chi connectivity index (χ0n) is 11.8. The fourth-order valence-electron chi connectivity index (χ4n) is 2.31. The predicted molar refractivity (Wildman–Crippen MR) is 79.1 cm³/mol. The third-order valence-electron chi connectivity index (χ3n) is 3.66. The highest BCUT2D eigenvalue weighted by molar-refractivity contribution is 5.96. The molecule has 108 valence electrons. The van der Waals surface area contributed by atoms with Crippen LogP contribution < -0.4 is 11.1 Å². The first-order chi connectivity index (χ1) is 9.56. The predicted octanol–water partition coefficient (Wildman–Crippen LogP) is 1.86. The van der Waals surface area contributed by atoms with E-state index in [0.717, 1.165) is 12.8 Å². The summed E-state index contributed by atoms with van der Waals surface area (Å²) in [5, 5.41) is 2.75. The summed E-state index contributed by atoms with van der Waals surface area (Å²) < 4.78 is 0. The molecule has 0 saturated carbocycles. The number of nitrogens with two attached hydrogens (primary N) is 1. The van der Waals surface area contributed by atoms with Crippen LogP contribution in [0.1, 0.15) is 26.2 Å². The quantitative estimate of drug-likeness (QED) is 0.827. The van der Waals surface area contributed by atoms with Gasteiger partial charge in [0.1, 0.15) is 0 Å². The van der Waals surface area contributed by atoms with E-state index in [1.54, 1.807) is 17.0 Å². The molecule has 1 aromatic rings. The molecule has 0 bridgehead atoms. The van der Waals surface area contributed by atoms with Crippen molar-refractivity contribution in [1.82, 2.24) is 4.90 Å². The van der Waals surface area contributed by atoms with Crippen molar-refractivity contribution in [3.63, 3.8) is 0 Å². The second kappa shape index (κ2) is 6.41. The Morgan fingerprint density at radius 3 is 2.90 bits per heavy atom. The van der Waals surface area contributed by atoms with Crippen molar-refractivity contribution in [2.75, 3.05) is 24.1 Å². The summed E-state index contributed by atoms with van der Waals surface area (Å²) in [7, 11) is 0. The number of hydrogen-bond donors (Lipinski definition) is 2. The number of hydrogen-bond acceptors (Lipinski definition) is 3. The lowest BCUT2D eigenvalue weighted by molar-refractivity contribution is -0.134. The minimum atomic E-state index is -0.203. The molecule has 1 saturated heterocycles. The van der Waals surface area contributed by atoms with Crippen molar-refractivity contribution in [2.45, 2.75) is 26.2 Å². The number of rotatable bonds is 3. The van der Waals surface area contributed by atoms with Gasteiger partial charge in [-0.05, 0) is 30.9 Å². The first-order valence-electron chi connectivity index (χ1n) is 6.98. The van der Waals surface area contributed by atoms with Gasteiger partial charge in [-0.15, -0.1) is 0 Å². The molecule has 0 aliphatic carbocycles. The standard InChI is InChI=1S/C15H21N3O2/c1-11-6-7-15(20)18(9-8-11)10-14(19)17-13-5-3-2-4-12(13)16/h2-5,11H,6-10,16H2,1H3,(H,17,19). The highest BCUT2D eigenvalue weighted by Gasteiger charge is 2.22. The van der Waals surface area contributed by atoms with E-state index in [0.29, 0.717) is 30.3 Å². The van der Waals surface area contributed by atoms with Crippen LogP contribution in [-0.2, 0) is 9.59 Å². The van der Waals surface area contributed by atoms with E-state index >= 15 is 0 Å². The number of nitrogens with one attached hydrogen (secondary N) is 1. The third-order valence-corrected chi connectivity index (χ3v) is 3.66. The van der Waals surface area contributed by atoms with Gasteiger partial charge in [-0.2, -0.15) is 0 Å². The van der Waals surface area contributed by atoms with Crippen LogP contribution >= 0.6 is 0 Å². The lowest BCUT2D eigenvalue weighted by atomic mass is 10.0. The Morgan fingerprint density at radius 1 is 1.40 bits per heavy atom. The molecule has 0 radical (unpaired) electrons. The number of nitrogen functional groups attached to an aromatic ring is 1. The average molecular weight is 275 g/mol. The first kappa shape index (κ1) is 14.4. The van der Waals surface area contributed by atoms with Crippen molar-refractivity contribution >= 4 is 23.2 Å². The van der Waals surface area contributed by atoms with Crippen molar-refractivity contribution in [3.05, 3.63) is 24.3 Å². The summed E-state index contributed by atoms with van der Waals surface area (Å²) in [5.74, 6) is 0.396. The van der Waals surface area contributed by atoms with Crippen LogP contribution in [0.15, 0.2) is 24.3 Å². The minimum absolute atomic E-state index is 0.0607. The van der Waals surface area contributed by atoms with Gasteiger partial charge in [-0.25, -0.2) is 0 Å². The Bertz CT molecular complexity index is 502. The Kier molecular flexibility index (Phi) is 4.61. The van der Waals surface area contributed by atoms with Gasteiger partial charge in [0.15, 0.2) is 0 Å². The molecule has 1 fully saturated rings. The van der Waals surface area contributed by atoms with Crippen LogP contribution in [0, 0.1) is 5.92 Å². The van der Waals surface area contributed by atoms with Gasteiger partial charge in [0, 0.05) is 13.0 Å². The molecule has 2 amide bonds. The number of benzene rings is 1. The first-order valence-corrected chi connectivity index (χ1v) is 6.98. The molecule has 2 rings (SSSR count). The summed E-state index contributed by atoms with van der Waals surface area (Å²) in [6, 6.07) is 7.10. The number of carbonyl (C=O) groups excluding carboxylic acids is 2. The molecule has 1 aliphatic heterocycles. The second-order valence-corrected chi connectivity index (χ2v) is 5.38. The number of nitrogens with zero attached hydrogens (tertiary/aromatic N) is 1. The number of amides is 2. The van der Waals surface area contributed by atoms with E-state index in [1.165, 1.54) is 0 Å². The van der Waals surface area contributed by atoms with Gasteiger partial charge in [-0.3, -0.25) is 9.59 Å². The summed E-state index contributed by atoms with van der Waals surface area (Å²) in [6.07, 6.45) is 2.39. The van der Waals surface area contributed by atoms with Gasteiger partial charge in [0.2, 0.25) is 11.8 Å². The maximum atomic E-state index is 12.0. The average Bonchev–Trinajstić information content (AvgIpc) is 2.57. The molecule has 5 nitrogen and oxygen atoms in total. The number of likely N-dealkylation sites (tertiary alicyclic amines) is 1. The van der Waals surface area contributed by atoms with E-state index in [9.17, 15) is 9.59 Å². The van der Waals surface area contributed by atoms with Crippen molar-refractivity contribution < 1.29 is 9.59 Å². The molecule has 3 N–H and O–H groups in total. The van der Waals surface area contributed by atoms with Gasteiger partial charge in [0.05, 0.1) is 17.9 Å². The summed E-state index contributed by atoms with van der Waals surface area (Å²) >= 11 is 0. The molecule has 1 aliphatic rings. The van der Waals surface area contributed by atoms with Crippen molar-refractivity contribution in [1.29, 1.82) is 0 Å². The Hall–Kier alpha value is -2.04. The largest absolute Gasteiger partial charge is 0.397 e. The van der Waals surface area contributed by atoms with Gasteiger partial charge in [-0.1, -0.05) is 19.1 Å². The van der Waals surface area contributed by atoms with Crippen molar-refractivity contribution in [3.8, 4) is 0 Å². The Labute approximate surface area is 119 Å². The molecule has 0 aromatic heterocycles. The highest BCUT2D eigenvalue weighted by Crippen LogP contribution is 2.19. The van der Waals surface area contributed by atoms with Crippen LogP contribution in [0.4, 0.5) is 11.4 Å². The van der Waals surface area contributed by atoms with E-state index in [-0.39, 0.29) is 18.4 Å². The van der Waals surface area contributed by atoms with E-state index in [2.05, 4.69) is 12.2 Å². The normalized spacial score (nSPS) is 19.6. The number of anilines is 2. The molecule has 0 spiro atoms. The summed E-state index contributed by atoms with van der Waals surface area (Å²) in [4.78, 5) is 25.6. The molecule has 1 aromatic carbocycles. The number of carbonyl (C=O) groups is 2. The Balaban J connectivity index is 1.94. The third kappa shape index (κ3) is 3.73. The van der Waals surface area contributed by atoms with Gasteiger partial charge >= 0.3 is 0 Å². The van der Waals surface area contributed by atoms with Crippen molar-refractivity contribution in [2.24, 2.45) is 5.92 Å². The maximum Gasteiger partial charge on any atom is 0.244 e. The topological polar surface area (TPSA) is 75.4 Å². The van der Waals surface area contributed by atoms with E-state index in [1.807, 2.05) is 12.1 Å². The lowest BCUT2D eigenvalue weighted by Crippen LogP contribution is -2.37. The molecular weight excluding hydrogens is 254 g/mol. The molecule has 1 atom stereocenters. The monoisotopic (exact) mass is 275 g/mol. The molecule has 5 heteroatoms. The van der Waals surface area contributed by atoms with Crippen LogP contribution in [-0.4, -0.2) is 29.8 Å². The molecular formula is C15H21N3O2. The fraction of sp³-hybridized carbons (Fsp3) is 0.467. The molecule has 20 heavy (non-hydrogen) atoms. The summed E-state index contributed by atoms with van der Waals surface area (Å²) in [5.41, 5.74) is 6.89. The smallest absolute Gasteiger partial charge is 0.244 e. The van der Waals surface area contributed by atoms with Gasteiger partial charge < -0.3 is 16.0 Å². The Morgan fingerprint density at radius 2 is 2.15 bits per heavy atom. The maximum absolute atomic E-state index is 12.0. The number of para-hydroxylation sites is 2. The van der Waals surface area contributed by atoms with Crippen LogP contribution in [0.2, 0.25) is 0 Å². The molecule has 1 heterocycles. The minimum Gasteiger partial charge on any atom is -0.397 e. The lowest BCUT2D eigenvalue weighted by Gasteiger charge is -2.20. The van der Waals surface area contributed by atoms with E-state index < -0.39 is 0 Å². The van der Waals surface area contributed by atoms with Crippen LogP contribution in [0.25, 0.3) is 0 Å².